The molecule has 0 atom stereocenters. The number of carbonyl (C=O) groups excluding carboxylic acids is 1. The van der Waals surface area contributed by atoms with Crippen LogP contribution in [0.2, 0.25) is 0 Å². The van der Waals surface area contributed by atoms with Crippen molar-refractivity contribution in [3.8, 4) is 0 Å². The number of amides is 1. The van der Waals surface area contributed by atoms with Crippen LogP contribution in [0.15, 0.2) is 6.07 Å². The molecule has 0 aliphatic heterocycles. The second kappa shape index (κ2) is 4.68. The molecule has 1 amide bonds. The zero-order chi connectivity index (χ0) is 11.5. The fourth-order valence-corrected chi connectivity index (χ4v) is 2.23. The van der Waals surface area contributed by atoms with Gasteiger partial charge in [-0.1, -0.05) is 6.92 Å². The molecule has 16 heavy (non-hydrogen) atoms. The molecule has 1 aromatic rings. The van der Waals surface area contributed by atoms with Gasteiger partial charge in [-0.15, -0.1) is 0 Å². The highest BCUT2D eigenvalue weighted by Crippen LogP contribution is 2.28. The molecule has 1 saturated carbocycles. The van der Waals surface area contributed by atoms with Crippen molar-refractivity contribution < 1.29 is 4.79 Å². The Hall–Kier alpha value is -1.32. The molecule has 0 spiro atoms. The van der Waals surface area contributed by atoms with Crippen molar-refractivity contribution in [2.45, 2.75) is 39.5 Å². The third kappa shape index (κ3) is 2.62. The number of aromatic amines is 1. The van der Waals surface area contributed by atoms with E-state index in [0.717, 1.165) is 37.3 Å². The van der Waals surface area contributed by atoms with Gasteiger partial charge >= 0.3 is 0 Å². The summed E-state index contributed by atoms with van der Waals surface area (Å²) in [5.74, 6) is 1.71. The molecule has 88 valence electrons. The Morgan fingerprint density at radius 1 is 1.44 bits per heavy atom. The predicted molar refractivity (Wildman–Crippen MR) is 63.1 cm³/mol. The van der Waals surface area contributed by atoms with Gasteiger partial charge in [0, 0.05) is 17.7 Å². The zero-order valence-electron chi connectivity index (χ0n) is 9.92. The van der Waals surface area contributed by atoms with Crippen LogP contribution >= 0.6 is 0 Å². The average Bonchev–Trinajstić information content (AvgIpc) is 2.65. The third-order valence-corrected chi connectivity index (χ3v) is 3.34. The Morgan fingerprint density at radius 2 is 2.12 bits per heavy atom. The molecular weight excluding hydrogens is 202 g/mol. The second-order valence-electron chi connectivity index (χ2n) is 4.88. The molecule has 0 saturated heterocycles. The highest BCUT2D eigenvalue weighted by molar-refractivity contribution is 5.91. The van der Waals surface area contributed by atoms with E-state index in [-0.39, 0.29) is 11.8 Å². The molecule has 4 nitrogen and oxygen atoms in total. The summed E-state index contributed by atoms with van der Waals surface area (Å²) in [4.78, 5) is 11.9. The Morgan fingerprint density at radius 3 is 2.69 bits per heavy atom. The lowest BCUT2D eigenvalue weighted by atomic mass is 9.82. The molecule has 1 fully saturated rings. The van der Waals surface area contributed by atoms with E-state index in [1.807, 2.05) is 13.0 Å². The van der Waals surface area contributed by atoms with Crippen molar-refractivity contribution in [3.05, 3.63) is 11.8 Å². The summed E-state index contributed by atoms with van der Waals surface area (Å²) < 4.78 is 0. The Balaban J connectivity index is 1.88. The lowest BCUT2D eigenvalue weighted by molar-refractivity contribution is -0.121. The highest BCUT2D eigenvalue weighted by atomic mass is 16.1. The number of carbonyl (C=O) groups is 1. The molecule has 1 heterocycles. The van der Waals surface area contributed by atoms with E-state index in [1.54, 1.807) is 0 Å². The second-order valence-corrected chi connectivity index (χ2v) is 4.88. The highest BCUT2D eigenvalue weighted by Gasteiger charge is 2.24. The number of aromatic nitrogens is 2. The first kappa shape index (κ1) is 11.2. The molecular formula is C12H19N3O. The molecule has 0 aromatic carbocycles. The first-order valence-electron chi connectivity index (χ1n) is 5.98. The number of nitrogens with zero attached hydrogens (tertiary/aromatic N) is 1. The minimum Gasteiger partial charge on any atom is -0.309 e. The quantitative estimate of drug-likeness (QED) is 0.806. The van der Waals surface area contributed by atoms with Gasteiger partial charge < -0.3 is 5.32 Å². The minimum atomic E-state index is 0.124. The summed E-state index contributed by atoms with van der Waals surface area (Å²) in [6, 6.07) is 1.85. The number of rotatable bonds is 2. The summed E-state index contributed by atoms with van der Waals surface area (Å²) in [5, 5.41) is 9.69. The number of H-pyrrole nitrogens is 1. The van der Waals surface area contributed by atoms with Crippen molar-refractivity contribution in [1.29, 1.82) is 0 Å². The lowest BCUT2D eigenvalue weighted by Crippen LogP contribution is -2.26. The fraction of sp³-hybridized carbons (Fsp3) is 0.667. The molecule has 2 N–H and O–H groups in total. The maximum Gasteiger partial charge on any atom is 0.228 e. The van der Waals surface area contributed by atoms with Gasteiger partial charge in [0.25, 0.3) is 0 Å². The van der Waals surface area contributed by atoms with E-state index in [4.69, 9.17) is 0 Å². The van der Waals surface area contributed by atoms with Crippen LogP contribution in [0.3, 0.4) is 0 Å². The molecule has 4 heteroatoms. The van der Waals surface area contributed by atoms with Gasteiger partial charge in [-0.3, -0.25) is 9.89 Å². The predicted octanol–water partition coefficient (Wildman–Crippen LogP) is 2.48. The van der Waals surface area contributed by atoms with Crippen LogP contribution in [0.4, 0.5) is 5.82 Å². The fourth-order valence-electron chi connectivity index (χ4n) is 2.23. The SMILES string of the molecule is Cc1cc(NC(=O)C2CCC(C)CC2)n[nH]1. The van der Waals surface area contributed by atoms with E-state index >= 15 is 0 Å². The van der Waals surface area contributed by atoms with Gasteiger partial charge in [-0.05, 0) is 38.5 Å². The average molecular weight is 221 g/mol. The van der Waals surface area contributed by atoms with Crippen molar-refractivity contribution in [1.82, 2.24) is 10.2 Å². The van der Waals surface area contributed by atoms with Crippen LogP contribution in [0, 0.1) is 18.8 Å². The molecule has 1 aliphatic carbocycles. The molecule has 1 aromatic heterocycles. The van der Waals surface area contributed by atoms with Gasteiger partial charge in [0.2, 0.25) is 5.91 Å². The van der Waals surface area contributed by atoms with Gasteiger partial charge in [0.15, 0.2) is 5.82 Å². The number of nitrogens with one attached hydrogen (secondary N) is 2. The van der Waals surface area contributed by atoms with E-state index in [9.17, 15) is 4.79 Å². The van der Waals surface area contributed by atoms with Gasteiger partial charge in [-0.2, -0.15) is 5.10 Å². The monoisotopic (exact) mass is 221 g/mol. The summed E-state index contributed by atoms with van der Waals surface area (Å²) in [6.45, 7) is 4.18. The Labute approximate surface area is 95.8 Å². The largest absolute Gasteiger partial charge is 0.309 e. The molecule has 0 radical (unpaired) electrons. The third-order valence-electron chi connectivity index (χ3n) is 3.34. The molecule has 0 bridgehead atoms. The first-order chi connectivity index (χ1) is 7.65. The Kier molecular flexibility index (Phi) is 3.27. The summed E-state index contributed by atoms with van der Waals surface area (Å²) >= 11 is 0. The zero-order valence-corrected chi connectivity index (χ0v) is 9.92. The summed E-state index contributed by atoms with van der Waals surface area (Å²) in [7, 11) is 0. The molecule has 2 rings (SSSR count). The van der Waals surface area contributed by atoms with Crippen LogP contribution in [-0.2, 0) is 4.79 Å². The molecule has 0 unspecified atom stereocenters. The smallest absolute Gasteiger partial charge is 0.228 e. The van der Waals surface area contributed by atoms with Crippen LogP contribution in [-0.4, -0.2) is 16.1 Å². The maximum absolute atomic E-state index is 11.9. The standard InChI is InChI=1S/C12H19N3O/c1-8-3-5-10(6-4-8)12(16)13-11-7-9(2)14-15-11/h7-8,10H,3-6H2,1-2H3,(H2,13,14,15,16). The van der Waals surface area contributed by atoms with E-state index < -0.39 is 0 Å². The Bertz CT molecular complexity index is 364. The molecule has 1 aliphatic rings. The summed E-state index contributed by atoms with van der Waals surface area (Å²) in [6.07, 6.45) is 4.35. The summed E-state index contributed by atoms with van der Waals surface area (Å²) in [5.41, 5.74) is 0.965. The minimum absolute atomic E-state index is 0.124. The van der Waals surface area contributed by atoms with Gasteiger partial charge in [0.1, 0.15) is 0 Å². The van der Waals surface area contributed by atoms with Crippen LogP contribution in [0.25, 0.3) is 0 Å². The first-order valence-corrected chi connectivity index (χ1v) is 5.98. The number of hydrogen-bond donors (Lipinski definition) is 2. The van der Waals surface area contributed by atoms with E-state index in [1.165, 1.54) is 0 Å². The van der Waals surface area contributed by atoms with E-state index in [2.05, 4.69) is 22.4 Å². The van der Waals surface area contributed by atoms with Crippen molar-refractivity contribution in [2.24, 2.45) is 11.8 Å². The van der Waals surface area contributed by atoms with Crippen molar-refractivity contribution in [3.63, 3.8) is 0 Å². The number of hydrogen-bond acceptors (Lipinski definition) is 2. The van der Waals surface area contributed by atoms with E-state index in [0.29, 0.717) is 5.82 Å². The van der Waals surface area contributed by atoms with Gasteiger partial charge in [0.05, 0.1) is 0 Å². The number of aryl methyl sites for hydroxylation is 1. The normalized spacial score (nSPS) is 25.4. The maximum atomic E-state index is 11.9. The lowest BCUT2D eigenvalue weighted by Gasteiger charge is -2.24. The van der Waals surface area contributed by atoms with Crippen LogP contribution in [0.1, 0.15) is 38.3 Å². The number of anilines is 1. The van der Waals surface area contributed by atoms with Gasteiger partial charge in [-0.25, -0.2) is 0 Å². The van der Waals surface area contributed by atoms with Crippen molar-refractivity contribution in [2.75, 3.05) is 5.32 Å². The van der Waals surface area contributed by atoms with Crippen LogP contribution < -0.4 is 5.32 Å². The van der Waals surface area contributed by atoms with Crippen molar-refractivity contribution >= 4 is 11.7 Å². The van der Waals surface area contributed by atoms with Crippen LogP contribution in [0.5, 0.6) is 0 Å². The topological polar surface area (TPSA) is 57.8 Å².